The summed E-state index contributed by atoms with van der Waals surface area (Å²) in [4.78, 5) is 25.8. The standard InChI is InChI=1S/C15H18ClNO3/c1-10(15(19)20-2)9-17(13-6-7-13)14(18)11-4-3-5-12(16)8-11/h3-5,8,10,13H,6-7,9H2,1-2H3. The van der Waals surface area contributed by atoms with Crippen LogP contribution in [-0.4, -0.2) is 36.5 Å². The van der Waals surface area contributed by atoms with Crippen molar-refractivity contribution < 1.29 is 14.3 Å². The maximum atomic E-state index is 12.5. The Morgan fingerprint density at radius 3 is 2.70 bits per heavy atom. The molecule has 1 atom stereocenters. The van der Waals surface area contributed by atoms with Crippen molar-refractivity contribution in [2.45, 2.75) is 25.8 Å². The third-order valence-electron chi connectivity index (χ3n) is 3.39. The van der Waals surface area contributed by atoms with Crippen molar-refractivity contribution in [3.05, 3.63) is 34.9 Å². The van der Waals surface area contributed by atoms with Crippen molar-refractivity contribution in [1.29, 1.82) is 0 Å². The van der Waals surface area contributed by atoms with Gasteiger partial charge in [-0.3, -0.25) is 9.59 Å². The number of rotatable bonds is 5. The monoisotopic (exact) mass is 295 g/mol. The molecule has 4 nitrogen and oxygen atoms in total. The van der Waals surface area contributed by atoms with Crippen LogP contribution in [0.1, 0.15) is 30.1 Å². The van der Waals surface area contributed by atoms with Gasteiger partial charge in [0.05, 0.1) is 13.0 Å². The minimum Gasteiger partial charge on any atom is -0.469 e. The van der Waals surface area contributed by atoms with E-state index < -0.39 is 0 Å². The van der Waals surface area contributed by atoms with Crippen molar-refractivity contribution in [3.63, 3.8) is 0 Å². The summed E-state index contributed by atoms with van der Waals surface area (Å²) in [5.74, 6) is -0.705. The quantitative estimate of drug-likeness (QED) is 0.785. The first-order chi connectivity index (χ1) is 9.52. The molecule has 0 radical (unpaired) electrons. The maximum Gasteiger partial charge on any atom is 0.310 e. The second-order valence-electron chi connectivity index (χ2n) is 5.12. The Morgan fingerprint density at radius 2 is 2.15 bits per heavy atom. The molecule has 5 heteroatoms. The van der Waals surface area contributed by atoms with E-state index in [4.69, 9.17) is 16.3 Å². The number of hydrogen-bond acceptors (Lipinski definition) is 3. The van der Waals surface area contributed by atoms with Crippen LogP contribution in [0.2, 0.25) is 5.02 Å². The number of ether oxygens (including phenoxy) is 1. The predicted molar refractivity (Wildman–Crippen MR) is 76.7 cm³/mol. The lowest BCUT2D eigenvalue weighted by Gasteiger charge is -2.25. The van der Waals surface area contributed by atoms with Crippen LogP contribution in [0.15, 0.2) is 24.3 Å². The number of nitrogens with zero attached hydrogens (tertiary/aromatic N) is 1. The molecule has 0 aliphatic heterocycles. The summed E-state index contributed by atoms with van der Waals surface area (Å²) >= 11 is 5.92. The minimum atomic E-state index is -0.330. The molecule has 20 heavy (non-hydrogen) atoms. The zero-order valence-electron chi connectivity index (χ0n) is 11.6. The van der Waals surface area contributed by atoms with E-state index in [2.05, 4.69) is 0 Å². The summed E-state index contributed by atoms with van der Waals surface area (Å²) in [6.07, 6.45) is 1.97. The molecule has 0 aromatic heterocycles. The Balaban J connectivity index is 2.12. The van der Waals surface area contributed by atoms with Gasteiger partial charge in [-0.05, 0) is 31.0 Å². The molecule has 1 aromatic rings. The number of methoxy groups -OCH3 is 1. The van der Waals surface area contributed by atoms with Gasteiger partial charge < -0.3 is 9.64 Å². The highest BCUT2D eigenvalue weighted by Gasteiger charge is 2.35. The summed E-state index contributed by atoms with van der Waals surface area (Å²) < 4.78 is 4.72. The zero-order chi connectivity index (χ0) is 14.7. The van der Waals surface area contributed by atoms with Crippen molar-refractivity contribution in [1.82, 2.24) is 4.90 Å². The summed E-state index contributed by atoms with van der Waals surface area (Å²) in [7, 11) is 1.36. The molecular formula is C15H18ClNO3. The van der Waals surface area contributed by atoms with Crippen LogP contribution in [0, 0.1) is 5.92 Å². The van der Waals surface area contributed by atoms with Crippen LogP contribution in [0.25, 0.3) is 0 Å². The van der Waals surface area contributed by atoms with Gasteiger partial charge in [0.1, 0.15) is 0 Å². The second kappa shape index (κ2) is 6.27. The van der Waals surface area contributed by atoms with E-state index in [-0.39, 0.29) is 23.8 Å². The Labute approximate surface area is 123 Å². The molecule has 0 saturated heterocycles. The van der Waals surface area contributed by atoms with Gasteiger partial charge in [0.25, 0.3) is 5.91 Å². The SMILES string of the molecule is COC(=O)C(C)CN(C(=O)c1cccc(Cl)c1)C1CC1. The average molecular weight is 296 g/mol. The summed E-state index contributed by atoms with van der Waals surface area (Å²) in [5.41, 5.74) is 0.557. The number of halogens is 1. The molecule has 0 bridgehead atoms. The van der Waals surface area contributed by atoms with Gasteiger partial charge in [-0.25, -0.2) is 0 Å². The fourth-order valence-electron chi connectivity index (χ4n) is 2.14. The lowest BCUT2D eigenvalue weighted by molar-refractivity contribution is -0.145. The van der Waals surface area contributed by atoms with E-state index in [0.29, 0.717) is 17.1 Å². The molecule has 108 valence electrons. The van der Waals surface area contributed by atoms with E-state index in [9.17, 15) is 9.59 Å². The Morgan fingerprint density at radius 1 is 1.45 bits per heavy atom. The molecule has 1 aliphatic carbocycles. The van der Waals surface area contributed by atoms with Gasteiger partial charge in [-0.1, -0.05) is 24.6 Å². The van der Waals surface area contributed by atoms with E-state index in [1.165, 1.54) is 7.11 Å². The van der Waals surface area contributed by atoms with Crippen LogP contribution in [0.5, 0.6) is 0 Å². The number of carbonyl (C=O) groups excluding carboxylic acids is 2. The molecule has 0 spiro atoms. The van der Waals surface area contributed by atoms with Gasteiger partial charge in [-0.15, -0.1) is 0 Å². The summed E-state index contributed by atoms with van der Waals surface area (Å²) in [6.45, 7) is 2.15. The number of amides is 1. The van der Waals surface area contributed by atoms with E-state index in [1.54, 1.807) is 36.1 Å². The van der Waals surface area contributed by atoms with Gasteiger partial charge in [0.15, 0.2) is 0 Å². The highest BCUT2D eigenvalue weighted by atomic mass is 35.5. The maximum absolute atomic E-state index is 12.5. The van der Waals surface area contributed by atoms with E-state index >= 15 is 0 Å². The Hall–Kier alpha value is -1.55. The predicted octanol–water partition coefficient (Wildman–Crippen LogP) is 2.75. The molecule has 1 aliphatic rings. The van der Waals surface area contributed by atoms with Crippen molar-refractivity contribution >= 4 is 23.5 Å². The largest absolute Gasteiger partial charge is 0.469 e. The van der Waals surface area contributed by atoms with Gasteiger partial charge in [0.2, 0.25) is 0 Å². The fraction of sp³-hybridized carbons (Fsp3) is 0.467. The van der Waals surface area contributed by atoms with Crippen molar-refractivity contribution in [3.8, 4) is 0 Å². The summed E-state index contributed by atoms with van der Waals surface area (Å²) in [6, 6.07) is 7.11. The molecule has 1 fully saturated rings. The Bertz CT molecular complexity index is 514. The number of carbonyl (C=O) groups is 2. The molecule has 1 aromatic carbocycles. The van der Waals surface area contributed by atoms with E-state index in [1.807, 2.05) is 0 Å². The minimum absolute atomic E-state index is 0.0780. The number of benzene rings is 1. The molecular weight excluding hydrogens is 278 g/mol. The van der Waals surface area contributed by atoms with Crippen LogP contribution in [-0.2, 0) is 9.53 Å². The van der Waals surface area contributed by atoms with Crippen molar-refractivity contribution in [2.24, 2.45) is 5.92 Å². The first-order valence-corrected chi connectivity index (χ1v) is 7.05. The van der Waals surface area contributed by atoms with Gasteiger partial charge in [-0.2, -0.15) is 0 Å². The van der Waals surface area contributed by atoms with Gasteiger partial charge >= 0.3 is 5.97 Å². The smallest absolute Gasteiger partial charge is 0.310 e. The van der Waals surface area contributed by atoms with E-state index in [0.717, 1.165) is 12.8 Å². The Kier molecular flexibility index (Phi) is 4.65. The number of hydrogen-bond donors (Lipinski definition) is 0. The second-order valence-corrected chi connectivity index (χ2v) is 5.56. The molecule has 1 amide bonds. The van der Waals surface area contributed by atoms with Crippen LogP contribution < -0.4 is 0 Å². The lowest BCUT2D eigenvalue weighted by atomic mass is 10.1. The third kappa shape index (κ3) is 3.51. The lowest BCUT2D eigenvalue weighted by Crippen LogP contribution is -2.38. The molecule has 0 N–H and O–H groups in total. The fourth-order valence-corrected chi connectivity index (χ4v) is 2.33. The highest BCUT2D eigenvalue weighted by molar-refractivity contribution is 6.30. The first kappa shape index (κ1) is 14.9. The highest BCUT2D eigenvalue weighted by Crippen LogP contribution is 2.29. The summed E-state index contributed by atoms with van der Waals surface area (Å²) in [5, 5.41) is 0.535. The molecule has 1 unspecified atom stereocenters. The average Bonchev–Trinajstić information content (AvgIpc) is 3.27. The van der Waals surface area contributed by atoms with Crippen LogP contribution >= 0.6 is 11.6 Å². The normalized spacial score (nSPS) is 15.6. The van der Waals surface area contributed by atoms with Crippen LogP contribution in [0.3, 0.4) is 0 Å². The van der Waals surface area contributed by atoms with Gasteiger partial charge in [0, 0.05) is 23.2 Å². The molecule has 1 saturated carbocycles. The zero-order valence-corrected chi connectivity index (χ0v) is 12.4. The topological polar surface area (TPSA) is 46.6 Å². The van der Waals surface area contributed by atoms with Crippen LogP contribution in [0.4, 0.5) is 0 Å². The third-order valence-corrected chi connectivity index (χ3v) is 3.63. The number of esters is 1. The molecule has 0 heterocycles. The first-order valence-electron chi connectivity index (χ1n) is 6.67. The van der Waals surface area contributed by atoms with Crippen molar-refractivity contribution in [2.75, 3.05) is 13.7 Å². The molecule has 2 rings (SSSR count).